The molecule has 0 saturated carbocycles. The average Bonchev–Trinajstić information content (AvgIpc) is 2.42. The molecule has 1 heterocycles. The highest BCUT2D eigenvalue weighted by Gasteiger charge is 2.33. The maximum atomic E-state index is 13.0. The van der Waals surface area contributed by atoms with E-state index in [9.17, 15) is 13.2 Å². The molecule has 0 fully saturated rings. The predicted molar refractivity (Wildman–Crippen MR) is 89.6 cm³/mol. The van der Waals surface area contributed by atoms with E-state index >= 15 is 0 Å². The zero-order valence-corrected chi connectivity index (χ0v) is 14.3. The van der Waals surface area contributed by atoms with Crippen LogP contribution >= 0.6 is 0 Å². The molecule has 0 bridgehead atoms. The fourth-order valence-electron chi connectivity index (χ4n) is 2.17. The minimum absolute atomic E-state index is 0.133. The van der Waals surface area contributed by atoms with E-state index in [-0.39, 0.29) is 11.1 Å². The highest BCUT2D eigenvalue weighted by Crippen LogP contribution is 2.35. The molecule has 24 heavy (non-hydrogen) atoms. The Morgan fingerprint density at radius 3 is 2.29 bits per heavy atom. The van der Waals surface area contributed by atoms with Crippen LogP contribution in [0.25, 0.3) is 0 Å². The van der Waals surface area contributed by atoms with E-state index in [1.54, 1.807) is 19.2 Å². The van der Waals surface area contributed by atoms with Gasteiger partial charge in [0.05, 0.1) is 5.56 Å². The van der Waals surface area contributed by atoms with Gasteiger partial charge in [-0.1, -0.05) is 6.07 Å². The molecule has 2 rings (SSSR count). The summed E-state index contributed by atoms with van der Waals surface area (Å²) < 4.78 is 39.1. The maximum absolute atomic E-state index is 13.0. The number of anilines is 3. The number of hydrogen-bond acceptors (Lipinski definition) is 4. The lowest BCUT2D eigenvalue weighted by atomic mass is 10.1. The number of halogens is 3. The van der Waals surface area contributed by atoms with E-state index in [2.05, 4.69) is 20.6 Å². The third kappa shape index (κ3) is 4.37. The molecule has 1 aromatic carbocycles. The van der Waals surface area contributed by atoms with Gasteiger partial charge < -0.3 is 10.6 Å². The first-order chi connectivity index (χ1) is 11.0. The molecule has 2 aromatic rings. The maximum Gasteiger partial charge on any atom is 0.416 e. The molecule has 0 spiro atoms. The molecule has 1 aromatic heterocycles. The Hall–Kier alpha value is -2.31. The monoisotopic (exact) mass is 338 g/mol. The number of aromatic nitrogens is 2. The molecule has 0 saturated heterocycles. The van der Waals surface area contributed by atoms with Gasteiger partial charge in [-0.15, -0.1) is 0 Å². The fraction of sp³-hybridized carbons (Fsp3) is 0.412. The van der Waals surface area contributed by atoms with Gasteiger partial charge in [0.1, 0.15) is 5.82 Å². The summed E-state index contributed by atoms with van der Waals surface area (Å²) in [7, 11) is 0. The molecule has 2 N–H and O–H groups in total. The van der Waals surface area contributed by atoms with Crippen molar-refractivity contribution in [2.24, 2.45) is 0 Å². The van der Waals surface area contributed by atoms with Crippen molar-refractivity contribution in [3.63, 3.8) is 0 Å². The Morgan fingerprint density at radius 1 is 1.04 bits per heavy atom. The van der Waals surface area contributed by atoms with Gasteiger partial charge >= 0.3 is 6.18 Å². The van der Waals surface area contributed by atoms with E-state index in [1.165, 1.54) is 13.0 Å². The highest BCUT2D eigenvalue weighted by molar-refractivity contribution is 5.65. The first-order valence-corrected chi connectivity index (χ1v) is 7.53. The molecule has 130 valence electrons. The molecule has 0 atom stereocenters. The van der Waals surface area contributed by atoms with Gasteiger partial charge in [-0.05, 0) is 52.3 Å². The molecule has 0 amide bonds. The number of nitrogens with one attached hydrogen (secondary N) is 2. The fourth-order valence-corrected chi connectivity index (χ4v) is 2.17. The topological polar surface area (TPSA) is 49.8 Å². The summed E-state index contributed by atoms with van der Waals surface area (Å²) in [5.41, 5.74) is 0.360. The van der Waals surface area contributed by atoms with Crippen molar-refractivity contribution in [2.75, 3.05) is 10.6 Å². The average molecular weight is 338 g/mol. The summed E-state index contributed by atoms with van der Waals surface area (Å²) in [5.74, 6) is 0.888. The Morgan fingerprint density at radius 2 is 1.71 bits per heavy atom. The van der Waals surface area contributed by atoms with E-state index in [0.717, 1.165) is 11.6 Å². The summed E-state index contributed by atoms with van der Waals surface area (Å²) in [6, 6.07) is 4.05. The third-order valence-electron chi connectivity index (χ3n) is 3.35. The second kappa shape index (κ2) is 6.30. The van der Waals surface area contributed by atoms with Crippen molar-refractivity contribution in [3.8, 4) is 0 Å². The Kier molecular flexibility index (Phi) is 4.73. The molecule has 0 radical (unpaired) electrons. The summed E-state index contributed by atoms with van der Waals surface area (Å²) in [6.07, 6.45) is -2.76. The number of alkyl halides is 3. The zero-order valence-electron chi connectivity index (χ0n) is 14.3. The van der Waals surface area contributed by atoms with Crippen molar-refractivity contribution in [1.82, 2.24) is 9.97 Å². The second-order valence-corrected chi connectivity index (χ2v) is 6.70. The number of rotatable bonds is 3. The van der Waals surface area contributed by atoms with Gasteiger partial charge in [0.2, 0.25) is 5.95 Å². The largest absolute Gasteiger partial charge is 0.416 e. The SMILES string of the molecule is Cc1cnc(NC(C)(C)C)nc1Nc1cccc(C(F)(F)F)c1C. The first-order valence-electron chi connectivity index (χ1n) is 7.53. The van der Waals surface area contributed by atoms with Crippen LogP contribution in [0, 0.1) is 13.8 Å². The van der Waals surface area contributed by atoms with Crippen LogP contribution in [-0.4, -0.2) is 15.5 Å². The van der Waals surface area contributed by atoms with Gasteiger partial charge in [-0.25, -0.2) is 4.98 Å². The van der Waals surface area contributed by atoms with Gasteiger partial charge in [-0.3, -0.25) is 0 Å². The van der Waals surface area contributed by atoms with Crippen molar-refractivity contribution in [1.29, 1.82) is 0 Å². The Bertz CT molecular complexity index is 734. The van der Waals surface area contributed by atoms with Gasteiger partial charge in [0.15, 0.2) is 0 Å². The van der Waals surface area contributed by atoms with Crippen LogP contribution < -0.4 is 10.6 Å². The second-order valence-electron chi connectivity index (χ2n) is 6.70. The Labute approximate surface area is 139 Å². The zero-order chi connectivity index (χ0) is 18.1. The normalized spacial score (nSPS) is 12.2. The van der Waals surface area contributed by atoms with E-state index in [1.807, 2.05) is 20.8 Å². The van der Waals surface area contributed by atoms with Gasteiger partial charge in [0, 0.05) is 23.0 Å². The van der Waals surface area contributed by atoms with Crippen LogP contribution in [0.1, 0.15) is 37.5 Å². The van der Waals surface area contributed by atoms with E-state index in [0.29, 0.717) is 17.5 Å². The van der Waals surface area contributed by atoms with Crippen LogP contribution in [0.5, 0.6) is 0 Å². The lowest BCUT2D eigenvalue weighted by Crippen LogP contribution is -2.27. The van der Waals surface area contributed by atoms with Crippen molar-refractivity contribution < 1.29 is 13.2 Å². The number of benzene rings is 1. The van der Waals surface area contributed by atoms with Crippen LogP contribution in [0.4, 0.5) is 30.6 Å². The molecule has 0 aliphatic carbocycles. The molecular weight excluding hydrogens is 317 g/mol. The summed E-state index contributed by atoms with van der Waals surface area (Å²) in [5, 5.41) is 6.13. The standard InChI is InChI=1S/C17H21F3N4/c1-10-9-21-15(24-16(3,4)5)23-14(10)22-13-8-6-7-12(11(13)2)17(18,19)20/h6-9H,1-5H3,(H2,21,22,23,24). The molecule has 4 nitrogen and oxygen atoms in total. The van der Waals surface area contributed by atoms with Crippen LogP contribution in [0.15, 0.2) is 24.4 Å². The Balaban J connectivity index is 2.37. The van der Waals surface area contributed by atoms with E-state index in [4.69, 9.17) is 0 Å². The van der Waals surface area contributed by atoms with Gasteiger partial charge in [-0.2, -0.15) is 18.2 Å². The molecule has 0 aliphatic rings. The van der Waals surface area contributed by atoms with E-state index < -0.39 is 11.7 Å². The van der Waals surface area contributed by atoms with Crippen molar-refractivity contribution in [2.45, 2.75) is 46.3 Å². The van der Waals surface area contributed by atoms with Crippen LogP contribution in [0.3, 0.4) is 0 Å². The molecule has 0 unspecified atom stereocenters. The quantitative estimate of drug-likeness (QED) is 0.821. The van der Waals surface area contributed by atoms with Crippen molar-refractivity contribution >= 4 is 17.5 Å². The number of hydrogen-bond donors (Lipinski definition) is 2. The third-order valence-corrected chi connectivity index (χ3v) is 3.35. The number of aryl methyl sites for hydroxylation is 1. The lowest BCUT2D eigenvalue weighted by molar-refractivity contribution is -0.138. The summed E-state index contributed by atoms with van der Waals surface area (Å²) in [4.78, 5) is 8.57. The van der Waals surface area contributed by atoms with Crippen molar-refractivity contribution in [3.05, 3.63) is 41.1 Å². The summed E-state index contributed by atoms with van der Waals surface area (Å²) >= 11 is 0. The number of nitrogens with zero attached hydrogens (tertiary/aromatic N) is 2. The summed E-state index contributed by atoms with van der Waals surface area (Å²) in [6.45, 7) is 9.16. The van der Waals surface area contributed by atoms with Gasteiger partial charge in [0.25, 0.3) is 0 Å². The lowest BCUT2D eigenvalue weighted by Gasteiger charge is -2.21. The first kappa shape index (κ1) is 18.0. The molecule has 7 heteroatoms. The van der Waals surface area contributed by atoms with Crippen LogP contribution in [-0.2, 0) is 6.18 Å². The molecule has 0 aliphatic heterocycles. The van der Waals surface area contributed by atoms with Crippen LogP contribution in [0.2, 0.25) is 0 Å². The minimum atomic E-state index is -4.39. The highest BCUT2D eigenvalue weighted by atomic mass is 19.4. The molecular formula is C17H21F3N4. The minimum Gasteiger partial charge on any atom is -0.350 e. The smallest absolute Gasteiger partial charge is 0.350 e. The predicted octanol–water partition coefficient (Wildman–Crippen LogP) is 5.07.